The lowest BCUT2D eigenvalue weighted by Gasteiger charge is -2.37. The zero-order valence-corrected chi connectivity index (χ0v) is 12.9. The molecule has 3 N–H and O–H groups in total. The van der Waals surface area contributed by atoms with Crippen LogP contribution in [0.3, 0.4) is 0 Å². The molecule has 0 aromatic heterocycles. The van der Waals surface area contributed by atoms with E-state index in [1.807, 2.05) is 6.92 Å². The Morgan fingerprint density at radius 2 is 2.33 bits per heavy atom. The molecule has 1 saturated heterocycles. The van der Waals surface area contributed by atoms with Crippen molar-refractivity contribution in [2.75, 3.05) is 18.4 Å². The van der Waals surface area contributed by atoms with Crippen LogP contribution in [-0.2, 0) is 4.79 Å². The summed E-state index contributed by atoms with van der Waals surface area (Å²) in [5.41, 5.74) is 6.49. The molecule has 1 heterocycles. The van der Waals surface area contributed by atoms with E-state index in [0.717, 1.165) is 25.8 Å². The molecule has 1 aromatic carbocycles. The predicted molar refractivity (Wildman–Crippen MR) is 82.9 cm³/mol. The van der Waals surface area contributed by atoms with Crippen LogP contribution in [-0.4, -0.2) is 36.0 Å². The van der Waals surface area contributed by atoms with Gasteiger partial charge in [0, 0.05) is 17.8 Å². The van der Waals surface area contributed by atoms with Gasteiger partial charge in [0.15, 0.2) is 0 Å². The highest BCUT2D eigenvalue weighted by atomic mass is 35.5. The van der Waals surface area contributed by atoms with Gasteiger partial charge in [-0.05, 0) is 44.5 Å². The Hall–Kier alpha value is -1.17. The van der Waals surface area contributed by atoms with Gasteiger partial charge in [0.1, 0.15) is 5.82 Å². The van der Waals surface area contributed by atoms with Crippen LogP contribution in [0.25, 0.3) is 0 Å². The minimum atomic E-state index is -0.497. The fraction of sp³-hybridized carbons (Fsp3) is 0.533. The molecule has 4 nitrogen and oxygen atoms in total. The van der Waals surface area contributed by atoms with Gasteiger partial charge in [-0.1, -0.05) is 18.0 Å². The number of nitrogens with zero attached hydrogens (tertiary/aromatic N) is 1. The molecule has 21 heavy (non-hydrogen) atoms. The lowest BCUT2D eigenvalue weighted by molar-refractivity contribution is -0.118. The largest absolute Gasteiger partial charge is 0.327 e. The second kappa shape index (κ2) is 7.20. The minimum absolute atomic E-state index is 0.000713. The molecule has 2 atom stereocenters. The van der Waals surface area contributed by atoms with Gasteiger partial charge < -0.3 is 11.1 Å². The fourth-order valence-corrected chi connectivity index (χ4v) is 2.95. The number of carbonyl (C=O) groups is 1. The highest BCUT2D eigenvalue weighted by molar-refractivity contribution is 6.31. The zero-order valence-electron chi connectivity index (χ0n) is 12.1. The van der Waals surface area contributed by atoms with E-state index in [2.05, 4.69) is 10.2 Å². The molecule has 116 valence electrons. The first-order valence-corrected chi connectivity index (χ1v) is 7.59. The standard InChI is InChI=1S/C15H21ClFN3O/c1-10(18)14-4-2-3-7-20(14)9-15(21)19-11-5-6-13(17)12(16)8-11/h5-6,8,10,14H,2-4,7,9,18H2,1H3,(H,19,21). The highest BCUT2D eigenvalue weighted by Crippen LogP contribution is 2.21. The van der Waals surface area contributed by atoms with Gasteiger partial charge in [-0.3, -0.25) is 9.69 Å². The van der Waals surface area contributed by atoms with Crippen LogP contribution in [0.1, 0.15) is 26.2 Å². The van der Waals surface area contributed by atoms with Crippen molar-refractivity contribution in [2.45, 2.75) is 38.3 Å². The SMILES string of the molecule is CC(N)C1CCCCN1CC(=O)Nc1ccc(F)c(Cl)c1. The van der Waals surface area contributed by atoms with Crippen molar-refractivity contribution in [2.24, 2.45) is 5.73 Å². The summed E-state index contributed by atoms with van der Waals surface area (Å²) in [7, 11) is 0. The molecular weight excluding hydrogens is 293 g/mol. The molecule has 2 unspecified atom stereocenters. The van der Waals surface area contributed by atoms with E-state index in [1.165, 1.54) is 18.2 Å². The molecule has 2 rings (SSSR count). The quantitative estimate of drug-likeness (QED) is 0.898. The molecule has 1 aliphatic rings. The van der Waals surface area contributed by atoms with Crippen LogP contribution in [0.5, 0.6) is 0 Å². The van der Waals surface area contributed by atoms with Gasteiger partial charge in [-0.2, -0.15) is 0 Å². The maximum atomic E-state index is 13.1. The number of carbonyl (C=O) groups excluding carboxylic acids is 1. The number of anilines is 1. The summed E-state index contributed by atoms with van der Waals surface area (Å²) in [6.45, 7) is 3.14. The van der Waals surface area contributed by atoms with Crippen LogP contribution in [0.4, 0.5) is 10.1 Å². The van der Waals surface area contributed by atoms with Crippen molar-refractivity contribution < 1.29 is 9.18 Å². The number of benzene rings is 1. The van der Waals surface area contributed by atoms with E-state index in [0.29, 0.717) is 12.2 Å². The van der Waals surface area contributed by atoms with Gasteiger partial charge in [-0.15, -0.1) is 0 Å². The molecule has 0 spiro atoms. The maximum absolute atomic E-state index is 13.1. The summed E-state index contributed by atoms with van der Waals surface area (Å²) in [5, 5.41) is 2.74. The Bertz CT molecular complexity index is 510. The second-order valence-electron chi connectivity index (χ2n) is 5.57. The van der Waals surface area contributed by atoms with Crippen LogP contribution in [0.15, 0.2) is 18.2 Å². The van der Waals surface area contributed by atoms with Crippen molar-refractivity contribution in [3.05, 3.63) is 29.0 Å². The monoisotopic (exact) mass is 313 g/mol. The molecule has 1 aromatic rings. The number of rotatable bonds is 4. The van der Waals surface area contributed by atoms with E-state index in [1.54, 1.807) is 0 Å². The molecule has 1 fully saturated rings. The number of nitrogens with two attached hydrogens (primary N) is 1. The molecule has 0 saturated carbocycles. The lowest BCUT2D eigenvalue weighted by atomic mass is 9.97. The average molecular weight is 314 g/mol. The average Bonchev–Trinajstić information content (AvgIpc) is 2.43. The van der Waals surface area contributed by atoms with Crippen LogP contribution in [0.2, 0.25) is 5.02 Å². The lowest BCUT2D eigenvalue weighted by Crippen LogP contribution is -2.51. The van der Waals surface area contributed by atoms with E-state index in [-0.39, 0.29) is 23.0 Å². The maximum Gasteiger partial charge on any atom is 0.238 e. The number of hydrogen-bond acceptors (Lipinski definition) is 3. The molecule has 0 aliphatic carbocycles. The zero-order chi connectivity index (χ0) is 15.4. The van der Waals surface area contributed by atoms with Gasteiger partial charge in [0.05, 0.1) is 11.6 Å². The first-order valence-electron chi connectivity index (χ1n) is 7.22. The van der Waals surface area contributed by atoms with E-state index in [9.17, 15) is 9.18 Å². The van der Waals surface area contributed by atoms with Crippen molar-refractivity contribution in [3.63, 3.8) is 0 Å². The predicted octanol–water partition coefficient (Wildman–Crippen LogP) is 2.62. The van der Waals surface area contributed by atoms with Gasteiger partial charge >= 0.3 is 0 Å². The Balaban J connectivity index is 1.95. The summed E-state index contributed by atoms with van der Waals surface area (Å²) in [4.78, 5) is 14.2. The number of hydrogen-bond donors (Lipinski definition) is 2. The third-order valence-corrected chi connectivity index (χ3v) is 4.11. The smallest absolute Gasteiger partial charge is 0.238 e. The molecular formula is C15H21ClFN3O. The first kappa shape index (κ1) is 16.2. The number of piperidine rings is 1. The summed E-state index contributed by atoms with van der Waals surface area (Å²) < 4.78 is 13.1. The Morgan fingerprint density at radius 3 is 3.00 bits per heavy atom. The number of amides is 1. The van der Waals surface area contributed by atoms with Crippen LogP contribution in [0, 0.1) is 5.82 Å². The van der Waals surface area contributed by atoms with E-state index >= 15 is 0 Å². The molecule has 1 amide bonds. The summed E-state index contributed by atoms with van der Waals surface area (Å²) in [6.07, 6.45) is 3.25. The third-order valence-electron chi connectivity index (χ3n) is 3.82. The van der Waals surface area contributed by atoms with Crippen LogP contribution < -0.4 is 11.1 Å². The Morgan fingerprint density at radius 1 is 1.57 bits per heavy atom. The van der Waals surface area contributed by atoms with Gasteiger partial charge in [0.2, 0.25) is 5.91 Å². The molecule has 0 bridgehead atoms. The normalized spacial score (nSPS) is 21.0. The topological polar surface area (TPSA) is 58.4 Å². The van der Waals surface area contributed by atoms with E-state index in [4.69, 9.17) is 17.3 Å². The van der Waals surface area contributed by atoms with Crippen molar-refractivity contribution in [1.29, 1.82) is 0 Å². The second-order valence-corrected chi connectivity index (χ2v) is 5.98. The minimum Gasteiger partial charge on any atom is -0.327 e. The Labute approximate surface area is 129 Å². The molecule has 0 radical (unpaired) electrons. The summed E-state index contributed by atoms with van der Waals surface area (Å²) >= 11 is 5.70. The first-order chi connectivity index (χ1) is 9.97. The van der Waals surface area contributed by atoms with Crippen molar-refractivity contribution >= 4 is 23.2 Å². The number of likely N-dealkylation sites (tertiary alicyclic amines) is 1. The molecule has 6 heteroatoms. The van der Waals surface area contributed by atoms with Gasteiger partial charge in [0.25, 0.3) is 0 Å². The van der Waals surface area contributed by atoms with E-state index < -0.39 is 5.82 Å². The number of halogens is 2. The summed E-state index contributed by atoms with van der Waals surface area (Å²) in [5.74, 6) is -0.632. The third kappa shape index (κ3) is 4.40. The van der Waals surface area contributed by atoms with Crippen molar-refractivity contribution in [3.8, 4) is 0 Å². The summed E-state index contributed by atoms with van der Waals surface area (Å²) in [6, 6.07) is 4.43. The molecule has 1 aliphatic heterocycles. The fourth-order valence-electron chi connectivity index (χ4n) is 2.77. The number of nitrogens with one attached hydrogen (secondary N) is 1. The van der Waals surface area contributed by atoms with Crippen LogP contribution >= 0.6 is 11.6 Å². The van der Waals surface area contributed by atoms with Crippen molar-refractivity contribution in [1.82, 2.24) is 4.90 Å². The highest BCUT2D eigenvalue weighted by Gasteiger charge is 2.26. The van der Waals surface area contributed by atoms with Gasteiger partial charge in [-0.25, -0.2) is 4.39 Å². The Kier molecular flexibility index (Phi) is 5.56.